The maximum atomic E-state index is 12.9. The van der Waals surface area contributed by atoms with E-state index in [4.69, 9.17) is 9.47 Å². The summed E-state index contributed by atoms with van der Waals surface area (Å²) >= 11 is 0. The Hall–Kier alpha value is -1.27. The average Bonchev–Trinajstić information content (AvgIpc) is 2.47. The summed E-state index contributed by atoms with van der Waals surface area (Å²) in [5, 5.41) is 9.97. The molecule has 0 amide bonds. The van der Waals surface area contributed by atoms with Gasteiger partial charge in [-0.05, 0) is 17.7 Å². The summed E-state index contributed by atoms with van der Waals surface area (Å²) in [6, 6.07) is 6.37. The molecule has 0 spiro atoms. The van der Waals surface area contributed by atoms with Crippen molar-refractivity contribution >= 4 is 0 Å². The number of benzene rings is 1. The van der Waals surface area contributed by atoms with Gasteiger partial charge in [0.2, 0.25) is 0 Å². The van der Waals surface area contributed by atoms with E-state index in [0.29, 0.717) is 32.8 Å². The summed E-state index contributed by atoms with van der Waals surface area (Å²) in [4.78, 5) is 2.05. The molecular formula is C16H24FNO3. The molecule has 0 radical (unpaired) electrons. The number of rotatable bonds is 11. The van der Waals surface area contributed by atoms with Crippen molar-refractivity contribution < 1.29 is 19.0 Å². The van der Waals surface area contributed by atoms with Crippen molar-refractivity contribution in [3.05, 3.63) is 48.3 Å². The van der Waals surface area contributed by atoms with Gasteiger partial charge >= 0.3 is 0 Å². The van der Waals surface area contributed by atoms with Gasteiger partial charge in [-0.2, -0.15) is 0 Å². The van der Waals surface area contributed by atoms with E-state index in [1.165, 1.54) is 12.1 Å². The van der Waals surface area contributed by atoms with Crippen LogP contribution in [0.3, 0.4) is 0 Å². The van der Waals surface area contributed by atoms with E-state index in [0.717, 1.165) is 5.56 Å². The van der Waals surface area contributed by atoms with E-state index in [9.17, 15) is 9.50 Å². The molecule has 0 aliphatic heterocycles. The van der Waals surface area contributed by atoms with E-state index >= 15 is 0 Å². The number of methoxy groups -OCH3 is 1. The molecule has 118 valence electrons. The Bertz CT molecular complexity index is 397. The zero-order chi connectivity index (χ0) is 15.5. The molecule has 1 aromatic carbocycles. The molecule has 0 bridgehead atoms. The first-order chi connectivity index (χ1) is 10.2. The first-order valence-electron chi connectivity index (χ1n) is 6.98. The van der Waals surface area contributed by atoms with Gasteiger partial charge < -0.3 is 14.6 Å². The molecule has 0 saturated carbocycles. The van der Waals surface area contributed by atoms with E-state index in [-0.39, 0.29) is 12.4 Å². The molecule has 1 N–H and O–H groups in total. The van der Waals surface area contributed by atoms with Gasteiger partial charge in [-0.25, -0.2) is 4.39 Å². The minimum absolute atomic E-state index is 0.250. The van der Waals surface area contributed by atoms with Gasteiger partial charge in [0.05, 0.1) is 25.9 Å². The molecule has 1 atom stereocenters. The minimum atomic E-state index is -0.581. The number of aliphatic hydroxyl groups is 1. The zero-order valence-electron chi connectivity index (χ0n) is 12.5. The fourth-order valence-electron chi connectivity index (χ4n) is 1.94. The van der Waals surface area contributed by atoms with Crippen molar-refractivity contribution in [2.24, 2.45) is 0 Å². The molecule has 0 aliphatic rings. The number of aliphatic hydroxyl groups excluding tert-OH is 1. The largest absolute Gasteiger partial charge is 0.389 e. The Morgan fingerprint density at radius 1 is 1.38 bits per heavy atom. The molecular weight excluding hydrogens is 273 g/mol. The van der Waals surface area contributed by atoms with E-state index in [1.54, 1.807) is 25.3 Å². The molecule has 4 nitrogen and oxygen atoms in total. The summed E-state index contributed by atoms with van der Waals surface area (Å²) in [5.74, 6) is -0.250. The van der Waals surface area contributed by atoms with Crippen molar-refractivity contribution in [3.63, 3.8) is 0 Å². The lowest BCUT2D eigenvalue weighted by molar-refractivity contribution is 0.0194. The first kappa shape index (κ1) is 17.8. The van der Waals surface area contributed by atoms with Crippen LogP contribution in [-0.4, -0.2) is 56.1 Å². The number of ether oxygens (including phenoxy) is 2. The molecule has 0 fully saturated rings. The summed E-state index contributed by atoms with van der Waals surface area (Å²) in [5.41, 5.74) is 0.992. The summed E-state index contributed by atoms with van der Waals surface area (Å²) in [6.45, 7) is 6.60. The second kappa shape index (κ2) is 10.5. The second-order valence-electron chi connectivity index (χ2n) is 4.83. The van der Waals surface area contributed by atoms with Crippen LogP contribution in [0.1, 0.15) is 5.56 Å². The quantitative estimate of drug-likeness (QED) is 0.500. The molecule has 0 saturated heterocycles. The molecule has 0 aromatic heterocycles. The molecule has 0 aliphatic carbocycles. The first-order valence-corrected chi connectivity index (χ1v) is 6.98. The Labute approximate surface area is 125 Å². The van der Waals surface area contributed by atoms with Crippen LogP contribution in [0.5, 0.6) is 0 Å². The Morgan fingerprint density at radius 2 is 2.10 bits per heavy atom. The average molecular weight is 297 g/mol. The smallest absolute Gasteiger partial charge is 0.123 e. The Balaban J connectivity index is 2.49. The van der Waals surface area contributed by atoms with Crippen LogP contribution in [0.4, 0.5) is 4.39 Å². The van der Waals surface area contributed by atoms with Gasteiger partial charge in [-0.3, -0.25) is 4.90 Å². The highest BCUT2D eigenvalue weighted by Gasteiger charge is 2.12. The normalized spacial score (nSPS) is 12.6. The summed E-state index contributed by atoms with van der Waals surface area (Å²) < 4.78 is 23.2. The van der Waals surface area contributed by atoms with Crippen LogP contribution in [0.2, 0.25) is 0 Å². The van der Waals surface area contributed by atoms with Gasteiger partial charge in [0.1, 0.15) is 5.82 Å². The van der Waals surface area contributed by atoms with Crippen molar-refractivity contribution in [2.75, 3.05) is 40.0 Å². The van der Waals surface area contributed by atoms with Gasteiger partial charge in [0.15, 0.2) is 0 Å². The third kappa shape index (κ3) is 7.92. The van der Waals surface area contributed by atoms with Crippen LogP contribution in [-0.2, 0) is 16.0 Å². The maximum Gasteiger partial charge on any atom is 0.123 e. The lowest BCUT2D eigenvalue weighted by atomic mass is 10.2. The zero-order valence-corrected chi connectivity index (χ0v) is 12.5. The van der Waals surface area contributed by atoms with Crippen LogP contribution >= 0.6 is 0 Å². The van der Waals surface area contributed by atoms with E-state index < -0.39 is 6.10 Å². The van der Waals surface area contributed by atoms with Crippen LogP contribution in [0.15, 0.2) is 36.9 Å². The maximum absolute atomic E-state index is 12.9. The standard InChI is InChI=1S/C16H24FNO3/c1-3-9-21-13-16(19)12-18(8-10-20-2)11-14-4-6-15(17)7-5-14/h3-7,16,19H,1,8-13H2,2H3. The molecule has 5 heteroatoms. The highest BCUT2D eigenvalue weighted by molar-refractivity contribution is 5.15. The minimum Gasteiger partial charge on any atom is -0.389 e. The van der Waals surface area contributed by atoms with Crippen molar-refractivity contribution in [1.82, 2.24) is 4.90 Å². The van der Waals surface area contributed by atoms with E-state index in [2.05, 4.69) is 11.5 Å². The van der Waals surface area contributed by atoms with Crippen molar-refractivity contribution in [2.45, 2.75) is 12.6 Å². The fourth-order valence-corrected chi connectivity index (χ4v) is 1.94. The molecule has 1 rings (SSSR count). The Morgan fingerprint density at radius 3 is 2.71 bits per heavy atom. The number of hydrogen-bond acceptors (Lipinski definition) is 4. The monoisotopic (exact) mass is 297 g/mol. The molecule has 1 aromatic rings. The highest BCUT2D eigenvalue weighted by Crippen LogP contribution is 2.07. The molecule has 0 heterocycles. The predicted molar refractivity (Wildman–Crippen MR) is 80.6 cm³/mol. The lowest BCUT2D eigenvalue weighted by Crippen LogP contribution is -2.36. The van der Waals surface area contributed by atoms with Crippen LogP contribution in [0.25, 0.3) is 0 Å². The van der Waals surface area contributed by atoms with E-state index in [1.807, 2.05) is 0 Å². The Kier molecular flexibility index (Phi) is 8.85. The van der Waals surface area contributed by atoms with Gasteiger partial charge in [-0.15, -0.1) is 6.58 Å². The SMILES string of the molecule is C=CCOCC(O)CN(CCOC)Cc1ccc(F)cc1. The molecule has 21 heavy (non-hydrogen) atoms. The summed E-state index contributed by atoms with van der Waals surface area (Å²) in [6.07, 6.45) is 1.07. The number of nitrogens with zero attached hydrogens (tertiary/aromatic N) is 1. The number of hydrogen-bond donors (Lipinski definition) is 1. The van der Waals surface area contributed by atoms with Gasteiger partial charge in [0, 0.05) is 26.7 Å². The highest BCUT2D eigenvalue weighted by atomic mass is 19.1. The van der Waals surface area contributed by atoms with Crippen molar-refractivity contribution in [1.29, 1.82) is 0 Å². The van der Waals surface area contributed by atoms with Gasteiger partial charge in [0.25, 0.3) is 0 Å². The van der Waals surface area contributed by atoms with Gasteiger partial charge in [-0.1, -0.05) is 18.2 Å². The van der Waals surface area contributed by atoms with Crippen LogP contribution < -0.4 is 0 Å². The van der Waals surface area contributed by atoms with Crippen molar-refractivity contribution in [3.8, 4) is 0 Å². The summed E-state index contributed by atoms with van der Waals surface area (Å²) in [7, 11) is 1.64. The predicted octanol–water partition coefficient (Wildman–Crippen LogP) is 1.84. The third-order valence-corrected chi connectivity index (χ3v) is 2.95. The topological polar surface area (TPSA) is 41.9 Å². The lowest BCUT2D eigenvalue weighted by Gasteiger charge is -2.24. The fraction of sp³-hybridized carbons (Fsp3) is 0.500. The number of halogens is 1. The third-order valence-electron chi connectivity index (χ3n) is 2.95. The molecule has 1 unspecified atom stereocenters. The van der Waals surface area contributed by atoms with Crippen LogP contribution in [0, 0.1) is 5.82 Å². The second-order valence-corrected chi connectivity index (χ2v) is 4.83.